The van der Waals surface area contributed by atoms with Crippen LogP contribution < -0.4 is 0 Å². The Labute approximate surface area is 113 Å². The smallest absolute Gasteiger partial charge is 0.282 e. The van der Waals surface area contributed by atoms with Gasteiger partial charge in [0, 0.05) is 12.6 Å². The number of nitro benzene ring substituents is 1. The number of amides is 1. The third-order valence-electron chi connectivity index (χ3n) is 2.90. The average Bonchev–Trinajstić information content (AvgIpc) is 2.46. The van der Waals surface area contributed by atoms with Crippen LogP contribution >= 0.6 is 0 Å². The van der Waals surface area contributed by atoms with Gasteiger partial charge in [-0.3, -0.25) is 14.9 Å². The summed E-state index contributed by atoms with van der Waals surface area (Å²) in [7, 11) is 0. The molecule has 2 rings (SSSR count). The maximum absolute atomic E-state index is 12.3. The largest absolute Gasteiger partial charge is 0.508 e. The van der Waals surface area contributed by atoms with E-state index < -0.39 is 16.9 Å². The maximum Gasteiger partial charge on any atom is 0.282 e. The fourth-order valence-electron chi connectivity index (χ4n) is 1.94. The zero-order chi connectivity index (χ0) is 14.7. The number of carbonyl (C=O) groups is 1. The summed E-state index contributed by atoms with van der Waals surface area (Å²) in [5.74, 6) is -0.833. The van der Waals surface area contributed by atoms with Gasteiger partial charge in [0.1, 0.15) is 11.3 Å². The molecule has 0 saturated carbocycles. The average molecular weight is 277 g/mol. The monoisotopic (exact) mass is 277 g/mol. The van der Waals surface area contributed by atoms with Crippen molar-refractivity contribution >= 4 is 11.6 Å². The number of nitrogens with zero attached hydrogens (tertiary/aromatic N) is 3. The number of phenols is 1. The third kappa shape index (κ3) is 2.67. The van der Waals surface area contributed by atoms with E-state index in [9.17, 15) is 20.0 Å². The van der Waals surface area contributed by atoms with Crippen LogP contribution in [0.4, 0.5) is 5.69 Å². The molecule has 1 N–H and O–H groups in total. The number of morpholine rings is 1. The van der Waals surface area contributed by atoms with E-state index in [1.54, 1.807) is 0 Å². The number of hydrogen-bond acceptors (Lipinski definition) is 6. The van der Waals surface area contributed by atoms with Crippen molar-refractivity contribution in [1.29, 1.82) is 5.26 Å². The van der Waals surface area contributed by atoms with E-state index in [0.29, 0.717) is 0 Å². The Morgan fingerprint density at radius 3 is 3.00 bits per heavy atom. The molecule has 1 aliphatic rings. The van der Waals surface area contributed by atoms with Gasteiger partial charge in [-0.2, -0.15) is 5.26 Å². The molecule has 0 spiro atoms. The summed E-state index contributed by atoms with van der Waals surface area (Å²) in [5.41, 5.74) is -0.582. The Hall–Kier alpha value is -2.66. The predicted octanol–water partition coefficient (Wildman–Crippen LogP) is 0.665. The first kappa shape index (κ1) is 13.8. The van der Waals surface area contributed by atoms with Crippen molar-refractivity contribution in [3.63, 3.8) is 0 Å². The summed E-state index contributed by atoms with van der Waals surface area (Å²) in [6, 6.07) is 5.16. The van der Waals surface area contributed by atoms with E-state index in [1.807, 2.05) is 6.07 Å². The molecule has 0 aliphatic carbocycles. The van der Waals surface area contributed by atoms with Crippen LogP contribution in [0.5, 0.6) is 5.75 Å². The van der Waals surface area contributed by atoms with Crippen molar-refractivity contribution in [2.24, 2.45) is 0 Å². The van der Waals surface area contributed by atoms with Gasteiger partial charge in [-0.25, -0.2) is 0 Å². The highest BCUT2D eigenvalue weighted by atomic mass is 16.6. The highest BCUT2D eigenvalue weighted by Crippen LogP contribution is 2.25. The molecular formula is C12H11N3O5. The molecule has 8 nitrogen and oxygen atoms in total. The Morgan fingerprint density at radius 2 is 2.35 bits per heavy atom. The maximum atomic E-state index is 12.3. The van der Waals surface area contributed by atoms with Crippen molar-refractivity contribution in [3.05, 3.63) is 33.9 Å². The number of carbonyl (C=O) groups excluding carboxylic acids is 1. The lowest BCUT2D eigenvalue weighted by Gasteiger charge is -2.29. The van der Waals surface area contributed by atoms with E-state index in [1.165, 1.54) is 4.90 Å². The summed E-state index contributed by atoms with van der Waals surface area (Å²) < 4.78 is 5.11. The fourth-order valence-corrected chi connectivity index (χ4v) is 1.94. The molecule has 1 amide bonds. The Balaban J connectivity index is 2.31. The SMILES string of the molecule is N#CC1CN(C(=O)c2cc(O)ccc2[N+](=O)[O-])CCO1. The van der Waals surface area contributed by atoms with Gasteiger partial charge in [0.25, 0.3) is 11.6 Å². The number of aromatic hydroxyl groups is 1. The van der Waals surface area contributed by atoms with Crippen LogP contribution in [-0.4, -0.2) is 46.6 Å². The van der Waals surface area contributed by atoms with Crippen molar-refractivity contribution in [1.82, 2.24) is 4.90 Å². The summed E-state index contributed by atoms with van der Waals surface area (Å²) in [5, 5.41) is 29.1. The first-order valence-electron chi connectivity index (χ1n) is 5.81. The van der Waals surface area contributed by atoms with Gasteiger partial charge in [0.2, 0.25) is 0 Å². The molecule has 0 bridgehead atoms. The second-order valence-corrected chi connectivity index (χ2v) is 4.20. The molecule has 1 atom stereocenters. The van der Waals surface area contributed by atoms with Gasteiger partial charge in [-0.05, 0) is 12.1 Å². The quantitative estimate of drug-likeness (QED) is 0.627. The number of ether oxygens (including phenoxy) is 1. The van der Waals surface area contributed by atoms with Crippen LogP contribution in [0.1, 0.15) is 10.4 Å². The molecule has 1 unspecified atom stereocenters. The standard InChI is InChI=1S/C12H11N3O5/c13-6-9-7-14(3-4-20-9)12(17)10-5-8(16)1-2-11(10)15(18)19/h1-2,5,9,16H,3-4,7H2. The number of benzene rings is 1. The van der Waals surface area contributed by atoms with E-state index in [-0.39, 0.29) is 36.7 Å². The van der Waals surface area contributed by atoms with E-state index in [2.05, 4.69) is 0 Å². The first-order valence-corrected chi connectivity index (χ1v) is 5.81. The minimum absolute atomic E-state index is 0.0438. The number of nitro groups is 1. The van der Waals surface area contributed by atoms with Crippen LogP contribution in [0.2, 0.25) is 0 Å². The molecule has 1 aromatic rings. The number of rotatable bonds is 2. The van der Waals surface area contributed by atoms with E-state index in [4.69, 9.17) is 10.00 Å². The van der Waals surface area contributed by atoms with Crippen LogP contribution in [-0.2, 0) is 4.74 Å². The van der Waals surface area contributed by atoms with Gasteiger partial charge in [0.05, 0.1) is 24.1 Å². The Kier molecular flexibility index (Phi) is 3.81. The molecule has 1 heterocycles. The van der Waals surface area contributed by atoms with Crippen molar-refractivity contribution in [2.75, 3.05) is 19.7 Å². The van der Waals surface area contributed by atoms with E-state index in [0.717, 1.165) is 18.2 Å². The first-order chi connectivity index (χ1) is 9.52. The van der Waals surface area contributed by atoms with Crippen LogP contribution in [0.15, 0.2) is 18.2 Å². The second kappa shape index (κ2) is 5.54. The van der Waals surface area contributed by atoms with Crippen molar-refractivity contribution < 1.29 is 19.6 Å². The zero-order valence-corrected chi connectivity index (χ0v) is 10.4. The summed E-state index contributed by atoms with van der Waals surface area (Å²) in [4.78, 5) is 23.8. The van der Waals surface area contributed by atoms with Crippen LogP contribution in [0, 0.1) is 21.4 Å². The number of nitriles is 1. The normalized spacial score (nSPS) is 18.4. The van der Waals surface area contributed by atoms with Gasteiger partial charge in [-0.1, -0.05) is 0 Å². The third-order valence-corrected chi connectivity index (χ3v) is 2.90. The molecule has 0 radical (unpaired) electrons. The number of hydrogen-bond donors (Lipinski definition) is 1. The minimum atomic E-state index is -0.746. The van der Waals surface area contributed by atoms with Crippen LogP contribution in [0.3, 0.4) is 0 Å². The topological polar surface area (TPSA) is 117 Å². The lowest BCUT2D eigenvalue weighted by molar-refractivity contribution is -0.385. The summed E-state index contributed by atoms with van der Waals surface area (Å²) >= 11 is 0. The molecule has 20 heavy (non-hydrogen) atoms. The van der Waals surface area contributed by atoms with Crippen molar-refractivity contribution in [2.45, 2.75) is 6.10 Å². The molecule has 104 valence electrons. The van der Waals surface area contributed by atoms with Gasteiger partial charge < -0.3 is 14.7 Å². The molecule has 1 aromatic carbocycles. The molecule has 0 aromatic heterocycles. The zero-order valence-electron chi connectivity index (χ0n) is 10.4. The lowest BCUT2D eigenvalue weighted by atomic mass is 10.1. The van der Waals surface area contributed by atoms with Crippen LogP contribution in [0.25, 0.3) is 0 Å². The fraction of sp³-hybridized carbons (Fsp3) is 0.333. The van der Waals surface area contributed by atoms with Gasteiger partial charge in [-0.15, -0.1) is 0 Å². The summed E-state index contributed by atoms with van der Waals surface area (Å²) in [6.07, 6.45) is -0.746. The number of phenolic OH excluding ortho intramolecular Hbond substituents is 1. The second-order valence-electron chi connectivity index (χ2n) is 4.20. The summed E-state index contributed by atoms with van der Waals surface area (Å²) in [6.45, 7) is 0.475. The molecule has 8 heteroatoms. The van der Waals surface area contributed by atoms with Gasteiger partial charge in [0.15, 0.2) is 6.10 Å². The van der Waals surface area contributed by atoms with E-state index >= 15 is 0 Å². The Morgan fingerprint density at radius 1 is 1.60 bits per heavy atom. The molecule has 1 saturated heterocycles. The molecule has 1 aliphatic heterocycles. The highest BCUT2D eigenvalue weighted by molar-refractivity contribution is 5.98. The molecule has 1 fully saturated rings. The lowest BCUT2D eigenvalue weighted by Crippen LogP contribution is -2.45. The highest BCUT2D eigenvalue weighted by Gasteiger charge is 2.29. The minimum Gasteiger partial charge on any atom is -0.508 e. The van der Waals surface area contributed by atoms with Gasteiger partial charge >= 0.3 is 0 Å². The Bertz CT molecular complexity index is 595. The van der Waals surface area contributed by atoms with Crippen molar-refractivity contribution in [3.8, 4) is 11.8 Å². The predicted molar refractivity (Wildman–Crippen MR) is 66.0 cm³/mol. The molecular weight excluding hydrogens is 266 g/mol.